The third-order valence-electron chi connectivity index (χ3n) is 2.45. The Bertz CT molecular complexity index is 129. The van der Waals surface area contributed by atoms with Crippen LogP contribution >= 0.6 is 11.6 Å². The highest BCUT2D eigenvalue weighted by Crippen LogP contribution is 2.26. The summed E-state index contributed by atoms with van der Waals surface area (Å²) in [5.41, 5.74) is 5.85. The second-order valence-electron chi connectivity index (χ2n) is 3.20. The van der Waals surface area contributed by atoms with Crippen molar-refractivity contribution in [1.82, 2.24) is 0 Å². The minimum absolute atomic E-state index is 0.0275. The molecule has 4 unspecified atom stereocenters. The van der Waals surface area contributed by atoms with Gasteiger partial charge in [-0.1, -0.05) is 0 Å². The van der Waals surface area contributed by atoms with Gasteiger partial charge in [-0.3, -0.25) is 0 Å². The first-order valence-corrected chi connectivity index (χ1v) is 4.58. The van der Waals surface area contributed by atoms with Crippen molar-refractivity contribution in [3.63, 3.8) is 0 Å². The van der Waals surface area contributed by atoms with E-state index in [0.29, 0.717) is 0 Å². The van der Waals surface area contributed by atoms with Crippen molar-refractivity contribution < 1.29 is 9.47 Å². The van der Waals surface area contributed by atoms with Gasteiger partial charge >= 0.3 is 0 Å². The van der Waals surface area contributed by atoms with E-state index < -0.39 is 0 Å². The van der Waals surface area contributed by atoms with Crippen LogP contribution < -0.4 is 5.73 Å². The molecule has 1 saturated carbocycles. The van der Waals surface area contributed by atoms with Crippen LogP contribution in [-0.2, 0) is 9.47 Å². The third kappa shape index (κ3) is 2.10. The molecule has 0 spiro atoms. The van der Waals surface area contributed by atoms with Gasteiger partial charge in [0.25, 0.3) is 0 Å². The first-order valence-electron chi connectivity index (χ1n) is 4.14. The van der Waals surface area contributed by atoms with Crippen molar-refractivity contribution in [2.75, 3.05) is 14.2 Å². The Morgan fingerprint density at radius 3 is 2.25 bits per heavy atom. The number of nitrogens with two attached hydrogens (primary N) is 1. The van der Waals surface area contributed by atoms with Crippen molar-refractivity contribution in [3.8, 4) is 0 Å². The molecule has 0 aromatic rings. The molecule has 1 aliphatic carbocycles. The highest BCUT2D eigenvalue weighted by atomic mass is 35.5. The van der Waals surface area contributed by atoms with Crippen LogP contribution in [0, 0.1) is 0 Å². The monoisotopic (exact) mass is 193 g/mol. The molecule has 4 heteroatoms. The molecule has 0 bridgehead atoms. The van der Waals surface area contributed by atoms with Crippen LogP contribution in [0.2, 0.25) is 0 Å². The van der Waals surface area contributed by atoms with Crippen LogP contribution in [0.15, 0.2) is 0 Å². The summed E-state index contributed by atoms with van der Waals surface area (Å²) in [6.07, 6.45) is 1.72. The van der Waals surface area contributed by atoms with E-state index in [2.05, 4.69) is 0 Å². The van der Waals surface area contributed by atoms with Crippen LogP contribution in [0.1, 0.15) is 12.8 Å². The molecule has 72 valence electrons. The van der Waals surface area contributed by atoms with Gasteiger partial charge in [0.2, 0.25) is 0 Å². The van der Waals surface area contributed by atoms with Gasteiger partial charge in [-0.15, -0.1) is 11.6 Å². The average Bonchev–Trinajstić information content (AvgIpc) is 2.08. The topological polar surface area (TPSA) is 44.5 Å². The fraction of sp³-hybridized carbons (Fsp3) is 1.00. The Kier molecular flexibility index (Phi) is 3.77. The molecule has 12 heavy (non-hydrogen) atoms. The molecule has 0 radical (unpaired) electrons. The zero-order valence-corrected chi connectivity index (χ0v) is 8.25. The first kappa shape index (κ1) is 10.3. The molecule has 0 saturated heterocycles. The van der Waals surface area contributed by atoms with Gasteiger partial charge in [-0.25, -0.2) is 0 Å². The Hall–Kier alpha value is 0.170. The van der Waals surface area contributed by atoms with E-state index in [0.717, 1.165) is 12.8 Å². The Morgan fingerprint density at radius 1 is 1.17 bits per heavy atom. The Balaban J connectivity index is 2.49. The Morgan fingerprint density at radius 2 is 1.75 bits per heavy atom. The Labute approximate surface area is 78.2 Å². The van der Waals surface area contributed by atoms with Crippen LogP contribution in [0.4, 0.5) is 0 Å². The summed E-state index contributed by atoms with van der Waals surface area (Å²) in [5, 5.41) is 0.0275. The molecule has 0 aromatic heterocycles. The fourth-order valence-electron chi connectivity index (χ4n) is 1.63. The van der Waals surface area contributed by atoms with Gasteiger partial charge in [0.15, 0.2) is 0 Å². The maximum absolute atomic E-state index is 6.06. The second-order valence-corrected chi connectivity index (χ2v) is 3.76. The van der Waals surface area contributed by atoms with E-state index in [1.165, 1.54) is 0 Å². The molecular formula is C8H16ClNO2. The highest BCUT2D eigenvalue weighted by molar-refractivity contribution is 6.21. The number of ether oxygens (including phenoxy) is 2. The van der Waals surface area contributed by atoms with Crippen molar-refractivity contribution in [2.24, 2.45) is 5.73 Å². The molecule has 4 atom stereocenters. The van der Waals surface area contributed by atoms with Crippen LogP contribution in [-0.4, -0.2) is 37.8 Å². The van der Waals surface area contributed by atoms with Gasteiger partial charge < -0.3 is 15.2 Å². The number of hydrogen-bond donors (Lipinski definition) is 1. The summed E-state index contributed by atoms with van der Waals surface area (Å²) in [5.74, 6) is 0. The molecule has 0 heterocycles. The quantitative estimate of drug-likeness (QED) is 0.659. The van der Waals surface area contributed by atoms with E-state index in [1.54, 1.807) is 14.2 Å². The van der Waals surface area contributed by atoms with Crippen molar-refractivity contribution in [2.45, 2.75) is 36.5 Å². The second kappa shape index (κ2) is 4.42. The average molecular weight is 194 g/mol. The van der Waals surface area contributed by atoms with Gasteiger partial charge in [0.1, 0.15) is 0 Å². The third-order valence-corrected chi connectivity index (χ3v) is 2.91. The summed E-state index contributed by atoms with van der Waals surface area (Å²) in [6, 6.07) is 0.0509. The number of halogens is 1. The lowest BCUT2D eigenvalue weighted by Crippen LogP contribution is -2.48. The van der Waals surface area contributed by atoms with E-state index in [4.69, 9.17) is 26.8 Å². The van der Waals surface area contributed by atoms with Crippen LogP contribution in [0.5, 0.6) is 0 Å². The standard InChI is InChI=1S/C8H16ClNO2/c1-11-7-4-6(10)8(12-2)3-5(7)9/h5-8H,3-4,10H2,1-2H3. The normalized spacial score (nSPS) is 43.0. The number of rotatable bonds is 2. The SMILES string of the molecule is COC1CC(Cl)C(OC)CC1N. The van der Waals surface area contributed by atoms with Crippen molar-refractivity contribution in [1.29, 1.82) is 0 Å². The van der Waals surface area contributed by atoms with Crippen molar-refractivity contribution >= 4 is 11.6 Å². The summed E-state index contributed by atoms with van der Waals surface area (Å²) in [7, 11) is 3.33. The van der Waals surface area contributed by atoms with E-state index in [9.17, 15) is 0 Å². The summed E-state index contributed by atoms with van der Waals surface area (Å²) in [6.45, 7) is 0. The first-order chi connectivity index (χ1) is 5.69. The molecule has 1 fully saturated rings. The predicted molar refractivity (Wildman–Crippen MR) is 48.4 cm³/mol. The van der Waals surface area contributed by atoms with Crippen LogP contribution in [0.25, 0.3) is 0 Å². The maximum atomic E-state index is 6.06. The molecule has 0 aliphatic heterocycles. The van der Waals surface area contributed by atoms with Gasteiger partial charge in [-0.05, 0) is 12.8 Å². The minimum Gasteiger partial charge on any atom is -0.380 e. The molecule has 1 aliphatic rings. The molecule has 0 aromatic carbocycles. The predicted octanol–water partition coefficient (Wildman–Crippen LogP) is 0.745. The molecule has 1 rings (SSSR count). The lowest BCUT2D eigenvalue weighted by molar-refractivity contribution is -0.00545. The lowest BCUT2D eigenvalue weighted by Gasteiger charge is -2.35. The molecule has 0 amide bonds. The lowest BCUT2D eigenvalue weighted by atomic mass is 9.90. The molecular weight excluding hydrogens is 178 g/mol. The number of hydrogen-bond acceptors (Lipinski definition) is 3. The maximum Gasteiger partial charge on any atom is 0.0751 e. The van der Waals surface area contributed by atoms with E-state index >= 15 is 0 Å². The minimum atomic E-state index is 0.0275. The number of alkyl halides is 1. The van der Waals surface area contributed by atoms with Crippen LogP contribution in [0.3, 0.4) is 0 Å². The van der Waals surface area contributed by atoms with E-state index in [-0.39, 0.29) is 23.6 Å². The van der Waals surface area contributed by atoms with Crippen molar-refractivity contribution in [3.05, 3.63) is 0 Å². The van der Waals surface area contributed by atoms with Gasteiger partial charge in [0.05, 0.1) is 17.6 Å². The largest absolute Gasteiger partial charge is 0.380 e. The fourth-order valence-corrected chi connectivity index (χ4v) is 2.01. The van der Waals surface area contributed by atoms with Gasteiger partial charge in [-0.2, -0.15) is 0 Å². The smallest absolute Gasteiger partial charge is 0.0751 e. The summed E-state index contributed by atoms with van der Waals surface area (Å²) >= 11 is 6.06. The summed E-state index contributed by atoms with van der Waals surface area (Å²) in [4.78, 5) is 0. The molecule has 3 nitrogen and oxygen atoms in total. The van der Waals surface area contributed by atoms with Gasteiger partial charge in [0, 0.05) is 20.3 Å². The van der Waals surface area contributed by atoms with E-state index in [1.807, 2.05) is 0 Å². The highest BCUT2D eigenvalue weighted by Gasteiger charge is 2.34. The zero-order valence-electron chi connectivity index (χ0n) is 7.50. The number of methoxy groups -OCH3 is 2. The zero-order chi connectivity index (χ0) is 9.14. The summed E-state index contributed by atoms with van der Waals surface area (Å²) < 4.78 is 10.4. The molecule has 2 N–H and O–H groups in total.